The van der Waals surface area contributed by atoms with Crippen molar-refractivity contribution < 1.29 is 14.4 Å². The predicted molar refractivity (Wildman–Crippen MR) is 114 cm³/mol. The van der Waals surface area contributed by atoms with Crippen molar-refractivity contribution in [3.8, 4) is 0 Å². The van der Waals surface area contributed by atoms with Crippen LogP contribution in [0.15, 0.2) is 30.3 Å². The molecule has 0 aromatic heterocycles. The van der Waals surface area contributed by atoms with Crippen molar-refractivity contribution in [1.82, 2.24) is 15.5 Å². The molecular formula is C23H35N3O3. The van der Waals surface area contributed by atoms with Gasteiger partial charge >= 0.3 is 0 Å². The number of nitrogens with zero attached hydrogens (tertiary/aromatic N) is 1. The van der Waals surface area contributed by atoms with E-state index in [1.165, 1.54) is 0 Å². The molecule has 1 fully saturated rings. The molecule has 1 aromatic rings. The highest BCUT2D eigenvalue weighted by Gasteiger charge is 2.41. The fourth-order valence-corrected chi connectivity index (χ4v) is 3.78. The summed E-state index contributed by atoms with van der Waals surface area (Å²) in [6.07, 6.45) is 4.76. The summed E-state index contributed by atoms with van der Waals surface area (Å²) in [5.41, 5.74) is 1.12. The highest BCUT2D eigenvalue weighted by atomic mass is 16.2. The summed E-state index contributed by atoms with van der Waals surface area (Å²) in [4.78, 5) is 40.0. The molecule has 0 bridgehead atoms. The minimum atomic E-state index is -0.640. The molecule has 0 spiro atoms. The van der Waals surface area contributed by atoms with E-state index in [4.69, 9.17) is 0 Å². The summed E-state index contributed by atoms with van der Waals surface area (Å²) >= 11 is 0. The monoisotopic (exact) mass is 401 g/mol. The van der Waals surface area contributed by atoms with Gasteiger partial charge in [-0.05, 0) is 37.2 Å². The first-order valence-corrected chi connectivity index (χ1v) is 10.8. The van der Waals surface area contributed by atoms with Crippen LogP contribution in [0.2, 0.25) is 0 Å². The van der Waals surface area contributed by atoms with Crippen molar-refractivity contribution in [3.05, 3.63) is 35.9 Å². The van der Waals surface area contributed by atoms with E-state index in [2.05, 4.69) is 17.6 Å². The maximum atomic E-state index is 13.1. The van der Waals surface area contributed by atoms with Crippen molar-refractivity contribution in [2.45, 2.75) is 71.4 Å². The Morgan fingerprint density at radius 2 is 1.93 bits per heavy atom. The molecule has 3 amide bonds. The number of piperazine rings is 1. The molecule has 2 rings (SSSR count). The lowest BCUT2D eigenvalue weighted by Gasteiger charge is -2.40. The number of unbranched alkanes of at least 4 members (excludes halogenated alkanes) is 2. The van der Waals surface area contributed by atoms with Crippen LogP contribution in [0.3, 0.4) is 0 Å². The number of carbonyl (C=O) groups excluding carboxylic acids is 3. The standard InChI is InChI=1S/C23H35N3O3/c1-4-5-9-14-24-22(28)19(13-12-18-10-7-6-8-11-18)26-20(15-17(2)3)23(29)25-16-21(26)27/h6-8,10-11,17,19-20H,4-5,9,12-16H2,1-3H3,(H,24,28)(H,25,29)/t19?,20-/m0/s1. The third kappa shape index (κ3) is 6.87. The Balaban J connectivity index is 2.20. The van der Waals surface area contributed by atoms with E-state index >= 15 is 0 Å². The van der Waals surface area contributed by atoms with Crippen LogP contribution in [0, 0.1) is 5.92 Å². The van der Waals surface area contributed by atoms with Crippen molar-refractivity contribution in [2.75, 3.05) is 13.1 Å². The van der Waals surface area contributed by atoms with E-state index in [1.54, 1.807) is 4.90 Å². The lowest BCUT2D eigenvalue weighted by atomic mass is 9.95. The number of benzene rings is 1. The number of amides is 3. The molecule has 0 saturated carbocycles. The van der Waals surface area contributed by atoms with Gasteiger partial charge < -0.3 is 15.5 Å². The molecule has 0 radical (unpaired) electrons. The molecule has 1 heterocycles. The largest absolute Gasteiger partial charge is 0.354 e. The van der Waals surface area contributed by atoms with E-state index < -0.39 is 12.1 Å². The van der Waals surface area contributed by atoms with E-state index in [-0.39, 0.29) is 30.2 Å². The maximum Gasteiger partial charge on any atom is 0.243 e. The van der Waals surface area contributed by atoms with Crippen molar-refractivity contribution in [3.63, 3.8) is 0 Å². The molecule has 2 atom stereocenters. The van der Waals surface area contributed by atoms with Gasteiger partial charge in [0.25, 0.3) is 0 Å². The number of hydrogen-bond donors (Lipinski definition) is 2. The molecular weight excluding hydrogens is 366 g/mol. The van der Waals surface area contributed by atoms with Gasteiger partial charge in [-0.2, -0.15) is 0 Å². The lowest BCUT2D eigenvalue weighted by molar-refractivity contribution is -0.152. The molecule has 1 aliphatic rings. The predicted octanol–water partition coefficient (Wildman–Crippen LogP) is 2.67. The zero-order chi connectivity index (χ0) is 21.2. The topological polar surface area (TPSA) is 78.5 Å². The van der Waals surface area contributed by atoms with Crippen LogP contribution < -0.4 is 10.6 Å². The number of carbonyl (C=O) groups is 3. The van der Waals surface area contributed by atoms with Gasteiger partial charge in [0.2, 0.25) is 17.7 Å². The fraction of sp³-hybridized carbons (Fsp3) is 0.609. The third-order valence-electron chi connectivity index (χ3n) is 5.30. The average Bonchev–Trinajstić information content (AvgIpc) is 2.70. The van der Waals surface area contributed by atoms with Crippen LogP contribution in [-0.2, 0) is 20.8 Å². The molecule has 1 aliphatic heterocycles. The maximum absolute atomic E-state index is 13.1. The third-order valence-corrected chi connectivity index (χ3v) is 5.30. The lowest BCUT2D eigenvalue weighted by Crippen LogP contribution is -2.64. The SMILES string of the molecule is CCCCCNC(=O)C(CCc1ccccc1)N1C(=O)CNC(=O)[C@@H]1CC(C)C. The molecule has 6 heteroatoms. The molecule has 160 valence electrons. The molecule has 6 nitrogen and oxygen atoms in total. The van der Waals surface area contributed by atoms with Crippen LogP contribution in [0.25, 0.3) is 0 Å². The molecule has 1 unspecified atom stereocenters. The summed E-state index contributed by atoms with van der Waals surface area (Å²) in [7, 11) is 0. The van der Waals surface area contributed by atoms with Crippen molar-refractivity contribution in [2.24, 2.45) is 5.92 Å². The zero-order valence-electron chi connectivity index (χ0n) is 17.9. The first kappa shape index (κ1) is 22.9. The number of rotatable bonds is 11. The van der Waals surface area contributed by atoms with Crippen molar-refractivity contribution in [1.29, 1.82) is 0 Å². The Hall–Kier alpha value is -2.37. The minimum absolute atomic E-state index is 0.0433. The second-order valence-corrected chi connectivity index (χ2v) is 8.20. The Bertz CT molecular complexity index is 675. The van der Waals surface area contributed by atoms with E-state index in [0.29, 0.717) is 25.8 Å². The van der Waals surface area contributed by atoms with E-state index in [9.17, 15) is 14.4 Å². The van der Waals surface area contributed by atoms with Crippen molar-refractivity contribution >= 4 is 17.7 Å². The van der Waals surface area contributed by atoms with Gasteiger partial charge in [0.15, 0.2) is 0 Å². The number of hydrogen-bond acceptors (Lipinski definition) is 3. The zero-order valence-corrected chi connectivity index (χ0v) is 17.9. The van der Waals surface area contributed by atoms with Crippen LogP contribution in [0.4, 0.5) is 0 Å². The smallest absolute Gasteiger partial charge is 0.243 e. The normalized spacial score (nSPS) is 17.9. The summed E-state index contributed by atoms with van der Waals surface area (Å²) in [5, 5.41) is 5.68. The van der Waals surface area contributed by atoms with Crippen LogP contribution in [-0.4, -0.2) is 47.8 Å². The highest BCUT2D eigenvalue weighted by molar-refractivity contribution is 5.98. The number of aryl methyl sites for hydroxylation is 1. The van der Waals surface area contributed by atoms with Gasteiger partial charge in [-0.3, -0.25) is 14.4 Å². The quantitative estimate of drug-likeness (QED) is 0.560. The molecule has 1 aromatic carbocycles. The van der Waals surface area contributed by atoms with Crippen LogP contribution in [0.5, 0.6) is 0 Å². The second kappa shape index (κ2) is 11.6. The van der Waals surface area contributed by atoms with E-state index in [1.807, 2.05) is 44.2 Å². The first-order valence-electron chi connectivity index (χ1n) is 10.8. The first-order chi connectivity index (χ1) is 13.9. The number of nitrogens with one attached hydrogen (secondary N) is 2. The summed E-state index contributed by atoms with van der Waals surface area (Å²) < 4.78 is 0. The summed E-state index contributed by atoms with van der Waals surface area (Å²) in [5.74, 6) is -0.269. The van der Waals surface area contributed by atoms with Gasteiger partial charge in [0.05, 0.1) is 6.54 Å². The highest BCUT2D eigenvalue weighted by Crippen LogP contribution is 2.21. The van der Waals surface area contributed by atoms with E-state index in [0.717, 1.165) is 24.8 Å². The van der Waals surface area contributed by atoms with Crippen LogP contribution in [0.1, 0.15) is 58.4 Å². The summed E-state index contributed by atoms with van der Waals surface area (Å²) in [6, 6.07) is 8.70. The Labute approximate surface area is 174 Å². The average molecular weight is 402 g/mol. The second-order valence-electron chi connectivity index (χ2n) is 8.20. The molecule has 0 aliphatic carbocycles. The van der Waals surface area contributed by atoms with Gasteiger partial charge in [-0.25, -0.2) is 0 Å². The summed E-state index contributed by atoms with van der Waals surface area (Å²) in [6.45, 7) is 6.71. The molecule has 1 saturated heterocycles. The molecule has 2 N–H and O–H groups in total. The molecule has 29 heavy (non-hydrogen) atoms. The van der Waals surface area contributed by atoms with Gasteiger partial charge in [-0.15, -0.1) is 0 Å². The Kier molecular flexibility index (Phi) is 9.16. The van der Waals surface area contributed by atoms with Gasteiger partial charge in [-0.1, -0.05) is 63.9 Å². The van der Waals surface area contributed by atoms with Gasteiger partial charge in [0, 0.05) is 6.54 Å². The minimum Gasteiger partial charge on any atom is -0.354 e. The van der Waals surface area contributed by atoms with Gasteiger partial charge in [0.1, 0.15) is 12.1 Å². The Morgan fingerprint density at radius 3 is 2.59 bits per heavy atom. The fourth-order valence-electron chi connectivity index (χ4n) is 3.78. The Morgan fingerprint density at radius 1 is 1.21 bits per heavy atom. The van der Waals surface area contributed by atoms with Crippen LogP contribution >= 0.6 is 0 Å².